The van der Waals surface area contributed by atoms with Crippen LogP contribution in [0.3, 0.4) is 0 Å². The van der Waals surface area contributed by atoms with Gasteiger partial charge >= 0.3 is 0 Å². The smallest absolute Gasteiger partial charge is 0.125 e. The lowest BCUT2D eigenvalue weighted by molar-refractivity contribution is -0.114. The van der Waals surface area contributed by atoms with Gasteiger partial charge in [-0.3, -0.25) is 4.90 Å². The highest BCUT2D eigenvalue weighted by molar-refractivity contribution is 5.62. The van der Waals surface area contributed by atoms with Gasteiger partial charge < -0.3 is 10.1 Å². The van der Waals surface area contributed by atoms with Crippen molar-refractivity contribution in [1.29, 1.82) is 0 Å². The summed E-state index contributed by atoms with van der Waals surface area (Å²) in [6, 6.07) is 21.4. The number of benzene rings is 2. The van der Waals surface area contributed by atoms with Crippen LogP contribution in [0.5, 0.6) is 0 Å². The molecule has 2 saturated heterocycles. The summed E-state index contributed by atoms with van der Waals surface area (Å²) in [6.45, 7) is 2.93. The van der Waals surface area contributed by atoms with Gasteiger partial charge in [0.05, 0.1) is 0 Å². The summed E-state index contributed by atoms with van der Waals surface area (Å²) in [5.74, 6) is 1.54. The van der Waals surface area contributed by atoms with Crippen LogP contribution in [0.1, 0.15) is 74.0 Å². The van der Waals surface area contributed by atoms with Crippen LogP contribution in [0.15, 0.2) is 54.6 Å². The number of hydrogen-bond acceptors (Lipinski definition) is 3. The van der Waals surface area contributed by atoms with E-state index in [2.05, 4.69) is 64.8 Å². The molecule has 0 aromatic heterocycles. The highest BCUT2D eigenvalue weighted by Gasteiger charge is 2.56. The maximum atomic E-state index is 12.5. The third kappa shape index (κ3) is 3.76. The number of aldehydes is 1. The van der Waals surface area contributed by atoms with Gasteiger partial charge in [0.1, 0.15) is 6.29 Å². The zero-order valence-corrected chi connectivity index (χ0v) is 20.5. The van der Waals surface area contributed by atoms with Gasteiger partial charge in [0.15, 0.2) is 0 Å². The van der Waals surface area contributed by atoms with E-state index in [0.29, 0.717) is 18.0 Å². The SMILES string of the molecule is O=C[C@@H]1CNC[C@]12c1ccccc1CCC2N1CC[C@H](c2ccccc2)C[C@@H]1C1CCCCC1. The van der Waals surface area contributed by atoms with E-state index in [1.165, 1.54) is 80.9 Å². The lowest BCUT2D eigenvalue weighted by Gasteiger charge is -2.56. The maximum Gasteiger partial charge on any atom is 0.125 e. The van der Waals surface area contributed by atoms with Crippen LogP contribution in [0, 0.1) is 11.8 Å². The number of hydrogen-bond donors (Lipinski definition) is 1. The molecule has 3 nitrogen and oxygen atoms in total. The van der Waals surface area contributed by atoms with Crippen molar-refractivity contribution >= 4 is 6.29 Å². The molecule has 2 heterocycles. The Morgan fingerprint density at radius 2 is 1.71 bits per heavy atom. The number of likely N-dealkylation sites (tertiary alicyclic amines) is 1. The maximum absolute atomic E-state index is 12.5. The minimum absolute atomic E-state index is 0.0674. The molecule has 4 aliphatic rings. The molecule has 1 spiro atoms. The van der Waals surface area contributed by atoms with E-state index in [4.69, 9.17) is 0 Å². The number of carbonyl (C=O) groups excluding carboxylic acids is 1. The molecule has 2 aliphatic heterocycles. The first-order valence-corrected chi connectivity index (χ1v) is 13.9. The molecular weight excluding hydrogens is 416 g/mol. The fraction of sp³-hybridized carbons (Fsp3) is 0.581. The third-order valence-electron chi connectivity index (χ3n) is 9.96. The topological polar surface area (TPSA) is 32.3 Å². The average Bonchev–Trinajstić information content (AvgIpc) is 3.34. The highest BCUT2D eigenvalue weighted by atomic mass is 16.1. The van der Waals surface area contributed by atoms with Gasteiger partial charge in [0.25, 0.3) is 0 Å². The molecule has 3 fully saturated rings. The Labute approximate surface area is 205 Å². The summed E-state index contributed by atoms with van der Waals surface area (Å²) in [6.07, 6.45) is 13.1. The molecule has 1 saturated carbocycles. The number of nitrogens with zero attached hydrogens (tertiary/aromatic N) is 1. The van der Waals surface area contributed by atoms with E-state index < -0.39 is 0 Å². The van der Waals surface area contributed by atoms with Crippen LogP contribution in [0.4, 0.5) is 0 Å². The highest BCUT2D eigenvalue weighted by Crippen LogP contribution is 2.50. The Kier molecular flexibility index (Phi) is 6.34. The number of rotatable bonds is 4. The summed E-state index contributed by atoms with van der Waals surface area (Å²) in [5.41, 5.74) is 4.38. The summed E-state index contributed by atoms with van der Waals surface area (Å²) >= 11 is 0. The Bertz CT molecular complexity index is 984. The second kappa shape index (κ2) is 9.59. The molecule has 1 unspecified atom stereocenters. The van der Waals surface area contributed by atoms with Crippen LogP contribution < -0.4 is 5.32 Å². The first kappa shape index (κ1) is 22.5. The van der Waals surface area contributed by atoms with Crippen molar-refractivity contribution in [3.63, 3.8) is 0 Å². The standard InChI is InChI=1S/C31H40N2O/c34-21-27-20-32-22-31(27)28-14-8-7-11-24(28)15-16-30(31)33-18-17-26(23-9-3-1-4-10-23)19-29(33)25-12-5-2-6-13-25/h1,3-4,7-11,14,21,25-27,29-30,32H,2,5-6,12-13,15-20,22H2/t26-,27-,29+,30?,31+/m0/s1. The molecule has 2 aromatic carbocycles. The second-order valence-electron chi connectivity index (χ2n) is 11.5. The average molecular weight is 457 g/mol. The fourth-order valence-electron chi connectivity index (χ4n) is 8.37. The van der Waals surface area contributed by atoms with Gasteiger partial charge in [-0.25, -0.2) is 0 Å². The molecule has 5 atom stereocenters. The van der Waals surface area contributed by atoms with Crippen LogP contribution in [0.25, 0.3) is 0 Å². The monoisotopic (exact) mass is 456 g/mol. The van der Waals surface area contributed by atoms with Crippen molar-refractivity contribution in [2.75, 3.05) is 19.6 Å². The lowest BCUT2D eigenvalue weighted by atomic mass is 9.60. The van der Waals surface area contributed by atoms with Gasteiger partial charge in [0, 0.05) is 36.5 Å². The van der Waals surface area contributed by atoms with E-state index in [-0.39, 0.29) is 11.3 Å². The van der Waals surface area contributed by atoms with Gasteiger partial charge in [0.2, 0.25) is 0 Å². The molecule has 0 bridgehead atoms. The van der Waals surface area contributed by atoms with Gasteiger partial charge in [-0.1, -0.05) is 73.9 Å². The van der Waals surface area contributed by atoms with Crippen LogP contribution in [-0.2, 0) is 16.6 Å². The molecular formula is C31H40N2O. The Morgan fingerprint density at radius 3 is 2.53 bits per heavy atom. The van der Waals surface area contributed by atoms with Crippen molar-refractivity contribution in [3.05, 3.63) is 71.3 Å². The van der Waals surface area contributed by atoms with Crippen LogP contribution in [0.2, 0.25) is 0 Å². The summed E-state index contributed by atoms with van der Waals surface area (Å²) in [5, 5.41) is 3.66. The Morgan fingerprint density at radius 1 is 0.912 bits per heavy atom. The predicted octanol–water partition coefficient (Wildman–Crippen LogP) is 5.49. The lowest BCUT2D eigenvalue weighted by Crippen LogP contribution is -2.62. The third-order valence-corrected chi connectivity index (χ3v) is 9.96. The van der Waals surface area contributed by atoms with Crippen molar-refractivity contribution in [1.82, 2.24) is 10.2 Å². The zero-order valence-electron chi connectivity index (χ0n) is 20.5. The number of piperidine rings is 1. The molecule has 180 valence electrons. The summed E-state index contributed by atoms with van der Waals surface area (Å²) in [7, 11) is 0. The summed E-state index contributed by atoms with van der Waals surface area (Å²) in [4.78, 5) is 15.4. The first-order chi connectivity index (χ1) is 16.8. The molecule has 6 rings (SSSR count). The Balaban J connectivity index is 1.38. The fourth-order valence-corrected chi connectivity index (χ4v) is 8.37. The largest absolute Gasteiger partial charge is 0.315 e. The normalized spacial score (nSPS) is 34.7. The first-order valence-electron chi connectivity index (χ1n) is 13.9. The molecule has 2 aromatic rings. The quantitative estimate of drug-likeness (QED) is 0.618. The molecule has 34 heavy (non-hydrogen) atoms. The molecule has 3 heteroatoms. The molecule has 2 aliphatic carbocycles. The molecule has 0 radical (unpaired) electrons. The van der Waals surface area contributed by atoms with E-state index in [0.717, 1.165) is 25.4 Å². The van der Waals surface area contributed by atoms with Gasteiger partial charge in [-0.05, 0) is 73.6 Å². The molecule has 0 amide bonds. The van der Waals surface area contributed by atoms with E-state index in [9.17, 15) is 4.79 Å². The van der Waals surface area contributed by atoms with Crippen molar-refractivity contribution < 1.29 is 4.79 Å². The minimum Gasteiger partial charge on any atom is -0.315 e. The Hall–Kier alpha value is -1.97. The predicted molar refractivity (Wildman–Crippen MR) is 138 cm³/mol. The number of nitrogens with one attached hydrogen (secondary N) is 1. The van der Waals surface area contributed by atoms with Crippen molar-refractivity contribution in [3.8, 4) is 0 Å². The number of fused-ring (bicyclic) bond motifs is 2. The van der Waals surface area contributed by atoms with E-state index >= 15 is 0 Å². The van der Waals surface area contributed by atoms with Crippen LogP contribution in [-0.4, -0.2) is 42.9 Å². The van der Waals surface area contributed by atoms with Gasteiger partial charge in [-0.15, -0.1) is 0 Å². The number of aryl methyl sites for hydroxylation is 1. The zero-order chi connectivity index (χ0) is 23.0. The van der Waals surface area contributed by atoms with Crippen molar-refractivity contribution in [2.45, 2.75) is 81.2 Å². The van der Waals surface area contributed by atoms with Gasteiger partial charge in [-0.2, -0.15) is 0 Å². The minimum atomic E-state index is -0.0803. The van der Waals surface area contributed by atoms with Crippen molar-refractivity contribution in [2.24, 2.45) is 11.8 Å². The second-order valence-corrected chi connectivity index (χ2v) is 11.5. The van der Waals surface area contributed by atoms with Crippen LogP contribution >= 0.6 is 0 Å². The van der Waals surface area contributed by atoms with E-state index in [1.807, 2.05) is 0 Å². The number of carbonyl (C=O) groups is 1. The molecule has 1 N–H and O–H groups in total. The summed E-state index contributed by atoms with van der Waals surface area (Å²) < 4.78 is 0. The van der Waals surface area contributed by atoms with E-state index in [1.54, 1.807) is 0 Å².